The fraction of sp³-hybridized carbons (Fsp3) is 0.667. The number of nitrogens with two attached hydrogens (primary N) is 1. The van der Waals surface area contributed by atoms with Gasteiger partial charge in [0.2, 0.25) is 10.0 Å². The van der Waals surface area contributed by atoms with Crippen molar-refractivity contribution in [2.45, 2.75) is 24.2 Å². The standard InChI is InChI=1S/C12H18FN3O5S/c1-21-12(16(17)18)4-2-3-9(22(14,19)20)10(12)11(13)5-7-15-8-6-11/h2-4,10,15H,5-8H2,1H3,(H2,14,19,20). The fourth-order valence-electron chi connectivity index (χ4n) is 3.12. The smallest absolute Gasteiger partial charge is 0.316 e. The van der Waals surface area contributed by atoms with Crippen LogP contribution in [-0.4, -0.2) is 44.9 Å². The first kappa shape index (κ1) is 17.0. The summed E-state index contributed by atoms with van der Waals surface area (Å²) in [7, 11) is -3.26. The molecule has 3 N–H and O–H groups in total. The molecule has 1 heterocycles. The molecule has 0 aromatic heterocycles. The number of alkyl halides is 1. The molecule has 0 bridgehead atoms. The lowest BCUT2D eigenvalue weighted by Crippen LogP contribution is -2.59. The first-order valence-corrected chi connectivity index (χ1v) is 8.23. The van der Waals surface area contributed by atoms with Crippen molar-refractivity contribution in [3.8, 4) is 0 Å². The molecule has 0 aromatic carbocycles. The zero-order valence-corrected chi connectivity index (χ0v) is 12.8. The molecule has 0 radical (unpaired) electrons. The van der Waals surface area contributed by atoms with E-state index in [-0.39, 0.29) is 25.9 Å². The Morgan fingerprint density at radius 1 is 1.50 bits per heavy atom. The molecule has 0 aromatic rings. The number of primary sulfonamides is 1. The van der Waals surface area contributed by atoms with Gasteiger partial charge in [-0.3, -0.25) is 10.1 Å². The number of sulfonamides is 1. The van der Waals surface area contributed by atoms with E-state index in [4.69, 9.17) is 9.88 Å². The fourth-order valence-corrected chi connectivity index (χ4v) is 4.10. The topological polar surface area (TPSA) is 125 Å². The molecular weight excluding hydrogens is 317 g/mol. The largest absolute Gasteiger partial charge is 0.355 e. The van der Waals surface area contributed by atoms with Gasteiger partial charge in [0.25, 0.3) is 0 Å². The maximum Gasteiger partial charge on any atom is 0.355 e. The molecule has 2 rings (SSSR count). The Labute approximate surface area is 127 Å². The van der Waals surface area contributed by atoms with Crippen molar-refractivity contribution >= 4 is 10.0 Å². The first-order valence-electron chi connectivity index (χ1n) is 6.69. The van der Waals surface area contributed by atoms with Gasteiger partial charge in [0.1, 0.15) is 11.6 Å². The maximum absolute atomic E-state index is 15.5. The minimum Gasteiger partial charge on any atom is -0.316 e. The van der Waals surface area contributed by atoms with Gasteiger partial charge in [-0.05, 0) is 32.0 Å². The van der Waals surface area contributed by atoms with Crippen molar-refractivity contribution in [2.24, 2.45) is 11.1 Å². The second-order valence-electron chi connectivity index (χ2n) is 5.40. The van der Waals surface area contributed by atoms with Gasteiger partial charge in [-0.1, -0.05) is 6.08 Å². The quantitative estimate of drug-likeness (QED) is 0.425. The number of hydrogen-bond donors (Lipinski definition) is 2. The molecule has 2 aliphatic rings. The molecule has 0 amide bonds. The van der Waals surface area contributed by atoms with Crippen LogP contribution in [0, 0.1) is 16.0 Å². The summed E-state index contributed by atoms with van der Waals surface area (Å²) < 4.78 is 44.1. The second kappa shape index (κ2) is 5.69. The molecule has 1 saturated heterocycles. The summed E-state index contributed by atoms with van der Waals surface area (Å²) in [5, 5.41) is 19.6. The van der Waals surface area contributed by atoms with E-state index in [9.17, 15) is 18.5 Å². The third-order valence-electron chi connectivity index (χ3n) is 4.19. The van der Waals surface area contributed by atoms with E-state index in [1.54, 1.807) is 0 Å². The van der Waals surface area contributed by atoms with Gasteiger partial charge in [0, 0.05) is 13.2 Å². The van der Waals surface area contributed by atoms with Gasteiger partial charge in [-0.2, -0.15) is 0 Å². The highest BCUT2D eigenvalue weighted by molar-refractivity contribution is 7.93. The van der Waals surface area contributed by atoms with E-state index in [1.165, 1.54) is 0 Å². The van der Waals surface area contributed by atoms with E-state index >= 15 is 4.39 Å². The summed E-state index contributed by atoms with van der Waals surface area (Å²) >= 11 is 0. The minimum absolute atomic E-state index is 0.0721. The first-order chi connectivity index (χ1) is 10.2. The van der Waals surface area contributed by atoms with Crippen molar-refractivity contribution in [3.63, 3.8) is 0 Å². The number of piperidine rings is 1. The van der Waals surface area contributed by atoms with E-state index in [2.05, 4.69) is 5.32 Å². The molecule has 0 spiro atoms. The summed E-state index contributed by atoms with van der Waals surface area (Å²) in [5.41, 5.74) is -4.42. The average Bonchev–Trinajstić information content (AvgIpc) is 2.46. The maximum atomic E-state index is 15.5. The van der Waals surface area contributed by atoms with Crippen LogP contribution in [0.1, 0.15) is 12.8 Å². The number of nitrogens with one attached hydrogen (secondary N) is 1. The van der Waals surface area contributed by atoms with E-state index in [0.29, 0.717) is 0 Å². The SMILES string of the molecule is COC1([N+](=O)[O-])C=CC=C(S(N)(=O)=O)C1C1(F)CCNCC1. The Kier molecular flexibility index (Phi) is 4.39. The van der Waals surface area contributed by atoms with Crippen LogP contribution in [0.2, 0.25) is 0 Å². The monoisotopic (exact) mass is 335 g/mol. The van der Waals surface area contributed by atoms with Crippen LogP contribution in [0.5, 0.6) is 0 Å². The van der Waals surface area contributed by atoms with Crippen LogP contribution in [0.4, 0.5) is 4.39 Å². The number of rotatable bonds is 4. The molecule has 2 unspecified atom stereocenters. The number of nitrogens with zero attached hydrogens (tertiary/aromatic N) is 1. The molecule has 124 valence electrons. The zero-order chi connectivity index (χ0) is 16.6. The summed E-state index contributed by atoms with van der Waals surface area (Å²) in [6.45, 7) is 0.568. The molecule has 1 fully saturated rings. The number of ether oxygens (including phenoxy) is 1. The van der Waals surface area contributed by atoms with Crippen molar-refractivity contribution in [2.75, 3.05) is 20.2 Å². The third-order valence-corrected chi connectivity index (χ3v) is 5.22. The Hall–Kier alpha value is -1.36. The summed E-state index contributed by atoms with van der Waals surface area (Å²) in [4.78, 5) is 10.2. The minimum atomic E-state index is -4.31. The Bertz CT molecular complexity index is 627. The lowest BCUT2D eigenvalue weighted by molar-refractivity contribution is -0.624. The van der Waals surface area contributed by atoms with E-state index in [1.807, 2.05) is 0 Å². The van der Waals surface area contributed by atoms with Crippen molar-refractivity contribution in [1.29, 1.82) is 0 Å². The summed E-state index contributed by atoms with van der Waals surface area (Å²) in [6, 6.07) is 0. The number of methoxy groups -OCH3 is 1. The Morgan fingerprint density at radius 3 is 2.55 bits per heavy atom. The average molecular weight is 335 g/mol. The molecule has 1 aliphatic carbocycles. The highest BCUT2D eigenvalue weighted by Crippen LogP contribution is 2.47. The molecule has 2 atom stereocenters. The highest BCUT2D eigenvalue weighted by atomic mass is 32.2. The molecule has 10 heteroatoms. The normalized spacial score (nSPS) is 31.6. The number of halogens is 1. The third kappa shape index (κ3) is 2.67. The van der Waals surface area contributed by atoms with Gasteiger partial charge >= 0.3 is 5.72 Å². The predicted octanol–water partition coefficient (Wildman–Crippen LogP) is 0.0559. The molecule has 0 saturated carbocycles. The second-order valence-corrected chi connectivity index (χ2v) is 6.97. The van der Waals surface area contributed by atoms with Crippen LogP contribution < -0.4 is 10.5 Å². The van der Waals surface area contributed by atoms with Crippen molar-refractivity contribution < 1.29 is 22.5 Å². The summed E-state index contributed by atoms with van der Waals surface area (Å²) in [5.74, 6) is -1.64. The number of allylic oxidation sites excluding steroid dienone is 2. The molecular formula is C12H18FN3O5S. The lowest BCUT2D eigenvalue weighted by atomic mass is 9.73. The Balaban J connectivity index is 2.64. The summed E-state index contributed by atoms with van der Waals surface area (Å²) in [6.07, 6.45) is 3.18. The van der Waals surface area contributed by atoms with Crippen LogP contribution in [-0.2, 0) is 14.8 Å². The van der Waals surface area contributed by atoms with E-state index in [0.717, 1.165) is 25.3 Å². The molecule has 22 heavy (non-hydrogen) atoms. The molecule has 8 nitrogen and oxygen atoms in total. The Morgan fingerprint density at radius 2 is 2.09 bits per heavy atom. The van der Waals surface area contributed by atoms with Crippen LogP contribution in [0.3, 0.4) is 0 Å². The highest BCUT2D eigenvalue weighted by Gasteiger charge is 2.63. The van der Waals surface area contributed by atoms with Gasteiger partial charge < -0.3 is 10.1 Å². The van der Waals surface area contributed by atoms with Gasteiger partial charge in [-0.25, -0.2) is 17.9 Å². The van der Waals surface area contributed by atoms with Gasteiger partial charge in [0.15, 0.2) is 0 Å². The van der Waals surface area contributed by atoms with Gasteiger partial charge in [-0.15, -0.1) is 0 Å². The lowest BCUT2D eigenvalue weighted by Gasteiger charge is -2.42. The number of nitro groups is 1. The van der Waals surface area contributed by atoms with Crippen LogP contribution in [0.15, 0.2) is 23.1 Å². The van der Waals surface area contributed by atoms with E-state index < -0.39 is 37.2 Å². The van der Waals surface area contributed by atoms with Crippen molar-refractivity contribution in [1.82, 2.24) is 5.32 Å². The zero-order valence-electron chi connectivity index (χ0n) is 12.0. The van der Waals surface area contributed by atoms with Crippen LogP contribution >= 0.6 is 0 Å². The molecule has 1 aliphatic heterocycles. The van der Waals surface area contributed by atoms with Crippen LogP contribution in [0.25, 0.3) is 0 Å². The predicted molar refractivity (Wildman–Crippen MR) is 76.5 cm³/mol. The van der Waals surface area contributed by atoms with Crippen molar-refractivity contribution in [3.05, 3.63) is 33.2 Å². The van der Waals surface area contributed by atoms with Gasteiger partial charge in [0.05, 0.1) is 9.83 Å². The number of hydrogen-bond acceptors (Lipinski definition) is 6.